The Balaban J connectivity index is 1.80. The van der Waals surface area contributed by atoms with E-state index in [-0.39, 0.29) is 18.0 Å². The molecule has 0 aliphatic carbocycles. The van der Waals surface area contributed by atoms with E-state index in [9.17, 15) is 9.18 Å². The van der Waals surface area contributed by atoms with Gasteiger partial charge in [0.15, 0.2) is 11.6 Å². The number of likely N-dealkylation sites (tertiary alicyclic amines) is 1. The van der Waals surface area contributed by atoms with Gasteiger partial charge in [-0.3, -0.25) is 9.69 Å². The molecule has 1 aliphatic rings. The molecule has 1 heterocycles. The van der Waals surface area contributed by atoms with Crippen molar-refractivity contribution in [1.82, 2.24) is 4.90 Å². The molecule has 1 aromatic carbocycles. The minimum Gasteiger partial charge on any atom is -0.489 e. The standard InChI is InChI=1S/C14H18FNO3/c15-13-10-12(19-11-17)4-5-14(13)18-9-8-16-6-2-1-3-7-16/h4-5,10-11H,1-3,6-9H2. The summed E-state index contributed by atoms with van der Waals surface area (Å²) in [5.41, 5.74) is 0. The van der Waals surface area contributed by atoms with Crippen LogP contribution >= 0.6 is 0 Å². The highest BCUT2D eigenvalue weighted by molar-refractivity contribution is 5.46. The maximum atomic E-state index is 13.6. The number of ether oxygens (including phenoxy) is 2. The number of hydrogen-bond acceptors (Lipinski definition) is 4. The minimum atomic E-state index is -0.516. The minimum absolute atomic E-state index is 0.177. The molecule has 5 heteroatoms. The lowest BCUT2D eigenvalue weighted by molar-refractivity contribution is -0.120. The summed E-state index contributed by atoms with van der Waals surface area (Å²) >= 11 is 0. The Kier molecular flexibility index (Phi) is 5.15. The van der Waals surface area contributed by atoms with E-state index >= 15 is 0 Å². The average molecular weight is 267 g/mol. The first-order chi connectivity index (χ1) is 9.29. The van der Waals surface area contributed by atoms with Crippen LogP contribution in [0.3, 0.4) is 0 Å². The summed E-state index contributed by atoms with van der Waals surface area (Å²) in [7, 11) is 0. The molecule has 0 atom stereocenters. The van der Waals surface area contributed by atoms with E-state index in [0.717, 1.165) is 25.7 Å². The van der Waals surface area contributed by atoms with Crippen molar-refractivity contribution in [2.45, 2.75) is 19.3 Å². The third-order valence-electron chi connectivity index (χ3n) is 3.20. The topological polar surface area (TPSA) is 38.8 Å². The summed E-state index contributed by atoms with van der Waals surface area (Å²) in [4.78, 5) is 12.5. The van der Waals surface area contributed by atoms with E-state index in [2.05, 4.69) is 9.64 Å². The Morgan fingerprint density at radius 3 is 2.74 bits per heavy atom. The molecule has 104 valence electrons. The fourth-order valence-electron chi connectivity index (χ4n) is 2.20. The molecule has 0 bridgehead atoms. The Hall–Kier alpha value is -1.62. The number of hydrogen-bond donors (Lipinski definition) is 0. The van der Waals surface area contributed by atoms with Crippen LogP contribution in [0.2, 0.25) is 0 Å². The molecule has 0 N–H and O–H groups in total. The molecule has 1 aromatic rings. The van der Waals surface area contributed by atoms with Crippen LogP contribution in [0.5, 0.6) is 11.5 Å². The second-order valence-corrected chi connectivity index (χ2v) is 4.56. The largest absolute Gasteiger partial charge is 0.489 e. The first-order valence-electron chi connectivity index (χ1n) is 6.54. The van der Waals surface area contributed by atoms with Crippen LogP contribution in [0.1, 0.15) is 19.3 Å². The maximum Gasteiger partial charge on any atom is 0.298 e. The van der Waals surface area contributed by atoms with Gasteiger partial charge in [0.2, 0.25) is 0 Å². The number of nitrogens with zero attached hydrogens (tertiary/aromatic N) is 1. The zero-order valence-electron chi connectivity index (χ0n) is 10.8. The molecule has 0 spiro atoms. The van der Waals surface area contributed by atoms with E-state index in [1.807, 2.05) is 0 Å². The predicted octanol–water partition coefficient (Wildman–Crippen LogP) is 2.23. The van der Waals surface area contributed by atoms with Crippen molar-refractivity contribution < 1.29 is 18.7 Å². The third-order valence-corrected chi connectivity index (χ3v) is 3.20. The van der Waals surface area contributed by atoms with Gasteiger partial charge in [-0.25, -0.2) is 4.39 Å². The maximum absolute atomic E-state index is 13.6. The van der Waals surface area contributed by atoms with E-state index in [4.69, 9.17) is 4.74 Å². The number of rotatable bonds is 6. The Labute approximate surface area is 112 Å². The first-order valence-corrected chi connectivity index (χ1v) is 6.54. The molecule has 2 rings (SSSR count). The molecular weight excluding hydrogens is 249 g/mol. The van der Waals surface area contributed by atoms with Gasteiger partial charge in [0.05, 0.1) is 0 Å². The lowest BCUT2D eigenvalue weighted by Crippen LogP contribution is -2.33. The zero-order valence-corrected chi connectivity index (χ0v) is 10.8. The highest BCUT2D eigenvalue weighted by Gasteiger charge is 2.10. The Morgan fingerprint density at radius 1 is 1.26 bits per heavy atom. The van der Waals surface area contributed by atoms with Crippen molar-refractivity contribution in [3.63, 3.8) is 0 Å². The van der Waals surface area contributed by atoms with Crippen LogP contribution in [0, 0.1) is 5.82 Å². The van der Waals surface area contributed by atoms with Gasteiger partial charge in [0.1, 0.15) is 12.4 Å². The van der Waals surface area contributed by atoms with Crippen molar-refractivity contribution in [3.05, 3.63) is 24.0 Å². The van der Waals surface area contributed by atoms with Crippen LogP contribution in [0.4, 0.5) is 4.39 Å². The van der Waals surface area contributed by atoms with Gasteiger partial charge in [-0.15, -0.1) is 0 Å². The molecule has 0 unspecified atom stereocenters. The third kappa shape index (κ3) is 4.21. The molecular formula is C14H18FNO3. The second kappa shape index (κ2) is 7.09. The summed E-state index contributed by atoms with van der Waals surface area (Å²) in [6.45, 7) is 3.73. The van der Waals surface area contributed by atoms with Crippen molar-refractivity contribution in [2.24, 2.45) is 0 Å². The fourth-order valence-corrected chi connectivity index (χ4v) is 2.20. The van der Waals surface area contributed by atoms with Crippen LogP contribution < -0.4 is 9.47 Å². The molecule has 0 amide bonds. The normalized spacial score (nSPS) is 16.1. The average Bonchev–Trinajstić information content (AvgIpc) is 2.43. The molecule has 0 aromatic heterocycles. The Morgan fingerprint density at radius 2 is 2.05 bits per heavy atom. The van der Waals surface area contributed by atoms with Crippen molar-refractivity contribution in [2.75, 3.05) is 26.2 Å². The van der Waals surface area contributed by atoms with Crippen molar-refractivity contribution >= 4 is 6.47 Å². The molecule has 1 aliphatic heterocycles. The predicted molar refractivity (Wildman–Crippen MR) is 68.9 cm³/mol. The van der Waals surface area contributed by atoms with Gasteiger partial charge in [-0.05, 0) is 38.1 Å². The van der Waals surface area contributed by atoms with Gasteiger partial charge in [-0.1, -0.05) is 6.42 Å². The highest BCUT2D eigenvalue weighted by Crippen LogP contribution is 2.22. The van der Waals surface area contributed by atoms with Gasteiger partial charge >= 0.3 is 0 Å². The van der Waals surface area contributed by atoms with Crippen molar-refractivity contribution in [3.8, 4) is 11.5 Å². The molecule has 1 saturated heterocycles. The lowest BCUT2D eigenvalue weighted by atomic mass is 10.1. The summed E-state index contributed by atoms with van der Waals surface area (Å²) in [6, 6.07) is 4.13. The monoisotopic (exact) mass is 267 g/mol. The van der Waals surface area contributed by atoms with E-state index < -0.39 is 5.82 Å². The number of benzene rings is 1. The van der Waals surface area contributed by atoms with Crippen molar-refractivity contribution in [1.29, 1.82) is 0 Å². The molecule has 1 fully saturated rings. The number of piperidine rings is 1. The molecule has 4 nitrogen and oxygen atoms in total. The smallest absolute Gasteiger partial charge is 0.298 e. The number of carbonyl (C=O) groups is 1. The quantitative estimate of drug-likeness (QED) is 0.741. The van der Waals surface area contributed by atoms with E-state index in [1.165, 1.54) is 31.4 Å². The van der Waals surface area contributed by atoms with E-state index in [0.29, 0.717) is 6.61 Å². The molecule has 0 saturated carbocycles. The van der Waals surface area contributed by atoms with Crippen LogP contribution in [0.25, 0.3) is 0 Å². The number of halogens is 1. The van der Waals surface area contributed by atoms with Gasteiger partial charge in [0.25, 0.3) is 6.47 Å². The first kappa shape index (κ1) is 13.8. The van der Waals surface area contributed by atoms with Gasteiger partial charge < -0.3 is 9.47 Å². The second-order valence-electron chi connectivity index (χ2n) is 4.56. The summed E-state index contributed by atoms with van der Waals surface area (Å²) < 4.78 is 23.6. The summed E-state index contributed by atoms with van der Waals surface area (Å²) in [5.74, 6) is -0.149. The highest BCUT2D eigenvalue weighted by atomic mass is 19.1. The van der Waals surface area contributed by atoms with Crippen LogP contribution in [-0.2, 0) is 4.79 Å². The molecule has 19 heavy (non-hydrogen) atoms. The van der Waals surface area contributed by atoms with Gasteiger partial charge in [-0.2, -0.15) is 0 Å². The fraction of sp³-hybridized carbons (Fsp3) is 0.500. The number of carbonyl (C=O) groups excluding carboxylic acids is 1. The van der Waals surface area contributed by atoms with Crippen LogP contribution in [-0.4, -0.2) is 37.6 Å². The lowest BCUT2D eigenvalue weighted by Gasteiger charge is -2.26. The zero-order chi connectivity index (χ0) is 13.5. The Bertz CT molecular complexity index is 419. The van der Waals surface area contributed by atoms with E-state index in [1.54, 1.807) is 0 Å². The van der Waals surface area contributed by atoms with Gasteiger partial charge in [0, 0.05) is 12.6 Å². The summed E-state index contributed by atoms with van der Waals surface area (Å²) in [6.07, 6.45) is 3.75. The van der Waals surface area contributed by atoms with Crippen LogP contribution in [0.15, 0.2) is 18.2 Å². The SMILES string of the molecule is O=COc1ccc(OCCN2CCCCC2)c(F)c1. The molecule has 0 radical (unpaired) electrons. The summed E-state index contributed by atoms with van der Waals surface area (Å²) in [5, 5.41) is 0.